The third-order valence-corrected chi connectivity index (χ3v) is 5.93. The Labute approximate surface area is 197 Å². The molecule has 0 spiro atoms. The molecule has 1 saturated carbocycles. The molecule has 1 aliphatic rings. The van der Waals surface area contributed by atoms with Gasteiger partial charge in [-0.15, -0.1) is 0 Å². The predicted molar refractivity (Wildman–Crippen MR) is 127 cm³/mol. The van der Waals surface area contributed by atoms with Crippen LogP contribution in [-0.4, -0.2) is 35.5 Å². The topological polar surface area (TPSA) is 88.5 Å². The van der Waals surface area contributed by atoms with Crippen molar-refractivity contribution in [3.63, 3.8) is 0 Å². The van der Waals surface area contributed by atoms with Crippen molar-refractivity contribution in [1.29, 1.82) is 0 Å². The quantitative estimate of drug-likeness (QED) is 0.403. The minimum absolute atomic E-state index is 0.0918. The number of rotatable bonds is 11. The van der Waals surface area contributed by atoms with Crippen LogP contribution in [0, 0.1) is 11.7 Å². The van der Waals surface area contributed by atoms with Gasteiger partial charge in [0.1, 0.15) is 17.3 Å². The van der Waals surface area contributed by atoms with Crippen LogP contribution in [0.1, 0.15) is 30.4 Å². The van der Waals surface area contributed by atoms with E-state index in [0.717, 1.165) is 35.1 Å². The van der Waals surface area contributed by atoms with Crippen LogP contribution < -0.4 is 10.1 Å². The first-order valence-corrected chi connectivity index (χ1v) is 11.3. The highest BCUT2D eigenvalue weighted by Gasteiger charge is 2.28. The second-order valence-electron chi connectivity index (χ2n) is 8.51. The molecule has 34 heavy (non-hydrogen) atoms. The molecular formula is C27H27FN2O4. The largest absolute Gasteiger partial charge is 0.496 e. The minimum atomic E-state index is -0.906. The van der Waals surface area contributed by atoms with Gasteiger partial charge >= 0.3 is 5.97 Å². The van der Waals surface area contributed by atoms with Crippen LogP contribution in [0.15, 0.2) is 54.7 Å². The van der Waals surface area contributed by atoms with Crippen molar-refractivity contribution in [2.45, 2.75) is 32.2 Å². The molecule has 0 saturated heterocycles. The maximum Gasteiger partial charge on any atom is 0.307 e. The highest BCUT2D eigenvalue weighted by molar-refractivity contribution is 5.83. The zero-order valence-corrected chi connectivity index (χ0v) is 19.0. The molecule has 3 aromatic rings. The molecule has 0 amide bonds. The first-order valence-electron chi connectivity index (χ1n) is 11.3. The lowest BCUT2D eigenvalue weighted by atomic mass is 9.94. The third-order valence-electron chi connectivity index (χ3n) is 5.93. The van der Waals surface area contributed by atoms with E-state index in [-0.39, 0.29) is 12.3 Å². The average Bonchev–Trinajstić information content (AvgIpc) is 3.67. The highest BCUT2D eigenvalue weighted by atomic mass is 19.1. The van der Waals surface area contributed by atoms with Gasteiger partial charge in [-0.3, -0.25) is 14.6 Å². The number of aromatic nitrogens is 1. The normalized spacial score (nSPS) is 13.0. The highest BCUT2D eigenvalue weighted by Crippen LogP contribution is 2.35. The summed E-state index contributed by atoms with van der Waals surface area (Å²) in [7, 11) is 1.58. The fraction of sp³-hybridized carbons (Fsp3) is 0.296. The van der Waals surface area contributed by atoms with Gasteiger partial charge in [-0.2, -0.15) is 0 Å². The number of hydrogen-bond donors (Lipinski definition) is 2. The molecule has 176 valence electrons. The number of ether oxygens (including phenoxy) is 1. The molecule has 0 bridgehead atoms. The van der Waals surface area contributed by atoms with Crippen molar-refractivity contribution < 1.29 is 23.8 Å². The molecule has 6 nitrogen and oxygen atoms in total. The summed E-state index contributed by atoms with van der Waals surface area (Å²) in [5, 5.41) is 12.6. The van der Waals surface area contributed by atoms with Crippen molar-refractivity contribution in [2.24, 2.45) is 5.92 Å². The molecule has 0 atom stereocenters. The minimum Gasteiger partial charge on any atom is -0.496 e. The smallest absolute Gasteiger partial charge is 0.307 e. The van der Waals surface area contributed by atoms with Gasteiger partial charge in [-0.05, 0) is 59.9 Å². The molecule has 7 heteroatoms. The number of carbonyl (C=O) groups is 2. The number of carboxylic acid groups (broad SMARTS) is 1. The van der Waals surface area contributed by atoms with Gasteiger partial charge < -0.3 is 15.2 Å². The van der Waals surface area contributed by atoms with Crippen LogP contribution in [-0.2, 0) is 22.6 Å². The number of Topliss-reactive ketones (excluding diaryl/α,β-unsaturated/α-hetero) is 1. The molecule has 0 aliphatic heterocycles. The van der Waals surface area contributed by atoms with Gasteiger partial charge in [0.05, 0.1) is 25.4 Å². The number of halogens is 1. The number of benzene rings is 2. The van der Waals surface area contributed by atoms with Gasteiger partial charge in [-0.1, -0.05) is 18.2 Å². The Balaban J connectivity index is 1.66. The summed E-state index contributed by atoms with van der Waals surface area (Å²) in [5.74, 6) is -0.128. The van der Waals surface area contributed by atoms with Crippen molar-refractivity contribution in [3.8, 4) is 28.1 Å². The fourth-order valence-corrected chi connectivity index (χ4v) is 4.00. The van der Waals surface area contributed by atoms with Crippen molar-refractivity contribution in [3.05, 3.63) is 71.7 Å². The Morgan fingerprint density at radius 2 is 1.94 bits per heavy atom. The van der Waals surface area contributed by atoms with Gasteiger partial charge in [-0.25, -0.2) is 4.39 Å². The number of nitrogens with zero attached hydrogens (tertiary/aromatic N) is 1. The summed E-state index contributed by atoms with van der Waals surface area (Å²) in [4.78, 5) is 27.5. The molecular weight excluding hydrogens is 435 g/mol. The molecule has 1 aromatic heterocycles. The van der Waals surface area contributed by atoms with E-state index in [0.29, 0.717) is 42.3 Å². The van der Waals surface area contributed by atoms with Crippen LogP contribution in [0.2, 0.25) is 0 Å². The number of nitrogens with one attached hydrogen (secondary N) is 1. The Bertz CT molecular complexity index is 1190. The zero-order chi connectivity index (χ0) is 24.1. The summed E-state index contributed by atoms with van der Waals surface area (Å²) < 4.78 is 18.9. The maximum absolute atomic E-state index is 13.4. The van der Waals surface area contributed by atoms with E-state index < -0.39 is 11.8 Å². The van der Waals surface area contributed by atoms with E-state index in [9.17, 15) is 19.1 Å². The number of carboxylic acids is 1. The van der Waals surface area contributed by atoms with Gasteiger partial charge in [0.2, 0.25) is 0 Å². The van der Waals surface area contributed by atoms with E-state index >= 15 is 0 Å². The van der Waals surface area contributed by atoms with E-state index in [1.54, 1.807) is 25.3 Å². The Hall–Kier alpha value is -3.58. The standard InChI is InChI=1S/C27H27FN2O4/c1-34-26-9-2-17(13-27(32)33)12-23(26)22-7-5-19(24-8-6-21(28)16-30-24)14-20(22)15-29-11-10-25(31)18-3-4-18/h2,5-9,12,14,16,18,29H,3-4,10-11,13,15H2,1H3,(H,32,33). The first kappa shape index (κ1) is 23.6. The van der Waals surface area contributed by atoms with Crippen LogP contribution in [0.5, 0.6) is 5.75 Å². The molecule has 0 radical (unpaired) electrons. The predicted octanol–water partition coefficient (Wildman–Crippen LogP) is 4.65. The number of methoxy groups -OCH3 is 1. The Morgan fingerprint density at radius 1 is 1.12 bits per heavy atom. The van der Waals surface area contributed by atoms with Crippen molar-refractivity contribution >= 4 is 11.8 Å². The monoisotopic (exact) mass is 462 g/mol. The van der Waals surface area contributed by atoms with E-state index in [4.69, 9.17) is 4.74 Å². The number of ketones is 1. The number of carbonyl (C=O) groups excluding carboxylic acids is 1. The fourth-order valence-electron chi connectivity index (χ4n) is 4.00. The van der Waals surface area contributed by atoms with Crippen molar-refractivity contribution in [2.75, 3.05) is 13.7 Å². The third kappa shape index (κ3) is 5.85. The van der Waals surface area contributed by atoms with E-state index in [1.165, 1.54) is 12.3 Å². The average molecular weight is 463 g/mol. The molecule has 1 heterocycles. The molecule has 0 unspecified atom stereocenters. The summed E-state index contributed by atoms with van der Waals surface area (Å²) >= 11 is 0. The lowest BCUT2D eigenvalue weighted by molar-refractivity contribution is -0.136. The Kier molecular flexibility index (Phi) is 7.33. The second-order valence-corrected chi connectivity index (χ2v) is 8.51. The second kappa shape index (κ2) is 10.6. The van der Waals surface area contributed by atoms with E-state index in [1.807, 2.05) is 24.3 Å². The summed E-state index contributed by atoms with van der Waals surface area (Å²) in [5.41, 5.74) is 4.75. The lowest BCUT2D eigenvalue weighted by Crippen LogP contribution is -2.19. The number of pyridine rings is 1. The van der Waals surface area contributed by atoms with Gasteiger partial charge in [0.25, 0.3) is 0 Å². The van der Waals surface area contributed by atoms with Crippen LogP contribution in [0.3, 0.4) is 0 Å². The van der Waals surface area contributed by atoms with Crippen LogP contribution in [0.4, 0.5) is 4.39 Å². The van der Waals surface area contributed by atoms with E-state index in [2.05, 4.69) is 10.3 Å². The first-order chi connectivity index (χ1) is 16.4. The summed E-state index contributed by atoms with van der Waals surface area (Å²) in [6.07, 6.45) is 3.59. The van der Waals surface area contributed by atoms with Crippen molar-refractivity contribution in [1.82, 2.24) is 10.3 Å². The molecule has 2 N–H and O–H groups in total. The molecule has 4 rings (SSSR count). The Morgan fingerprint density at radius 3 is 2.62 bits per heavy atom. The van der Waals surface area contributed by atoms with Gasteiger partial charge in [0.15, 0.2) is 0 Å². The lowest BCUT2D eigenvalue weighted by Gasteiger charge is -2.16. The van der Waals surface area contributed by atoms with Gasteiger partial charge in [0, 0.05) is 36.6 Å². The molecule has 2 aromatic carbocycles. The van der Waals surface area contributed by atoms with Crippen LogP contribution >= 0.6 is 0 Å². The number of hydrogen-bond acceptors (Lipinski definition) is 5. The maximum atomic E-state index is 13.4. The SMILES string of the molecule is COc1ccc(CC(=O)O)cc1-c1ccc(-c2ccc(F)cn2)cc1CNCCC(=O)C1CC1. The molecule has 1 fully saturated rings. The van der Waals surface area contributed by atoms with Crippen LogP contribution in [0.25, 0.3) is 22.4 Å². The zero-order valence-electron chi connectivity index (χ0n) is 19.0. The summed E-state index contributed by atoms with van der Waals surface area (Å²) in [6.45, 7) is 1.07. The summed E-state index contributed by atoms with van der Waals surface area (Å²) in [6, 6.07) is 14.2. The number of aliphatic carboxylic acids is 1. The molecule has 1 aliphatic carbocycles.